The fourth-order valence-corrected chi connectivity index (χ4v) is 1.44. The fourth-order valence-electron chi connectivity index (χ4n) is 1.44. The monoisotopic (exact) mass is 250 g/mol. The second-order valence-electron chi connectivity index (χ2n) is 4.90. The van der Waals surface area contributed by atoms with Crippen LogP contribution in [0.2, 0.25) is 0 Å². The van der Waals surface area contributed by atoms with Crippen molar-refractivity contribution >= 4 is 5.97 Å². The van der Waals surface area contributed by atoms with Crippen LogP contribution in [0.3, 0.4) is 0 Å². The van der Waals surface area contributed by atoms with Gasteiger partial charge in [0, 0.05) is 6.08 Å². The van der Waals surface area contributed by atoms with Gasteiger partial charge in [-0.1, -0.05) is 30.7 Å². The predicted octanol–water partition coefficient (Wildman–Crippen LogP) is 4.43. The molecule has 0 rings (SSSR count). The Balaban J connectivity index is 4.08. The van der Waals surface area contributed by atoms with Gasteiger partial charge in [-0.3, -0.25) is 0 Å². The summed E-state index contributed by atoms with van der Waals surface area (Å²) in [5.41, 5.74) is 2.30. The van der Waals surface area contributed by atoms with E-state index in [4.69, 9.17) is 4.74 Å². The molecular formula is C16H26O2. The van der Waals surface area contributed by atoms with Crippen LogP contribution in [0.1, 0.15) is 47.5 Å². The molecule has 0 aromatic rings. The average Bonchev–Trinajstić information content (AvgIpc) is 2.26. The van der Waals surface area contributed by atoms with Crippen LogP contribution >= 0.6 is 0 Å². The van der Waals surface area contributed by atoms with Crippen LogP contribution in [-0.4, -0.2) is 12.6 Å². The van der Waals surface area contributed by atoms with Gasteiger partial charge in [-0.15, -0.1) is 0 Å². The largest absolute Gasteiger partial charge is 0.463 e. The molecule has 0 radical (unpaired) electrons. The molecule has 0 saturated carbocycles. The summed E-state index contributed by atoms with van der Waals surface area (Å²) in [6.07, 6.45) is 10.0. The molecule has 0 fully saturated rings. The second kappa shape index (κ2) is 9.69. The van der Waals surface area contributed by atoms with E-state index in [1.54, 1.807) is 0 Å². The summed E-state index contributed by atoms with van der Waals surface area (Å²) in [6.45, 7) is 10.6. The number of rotatable bonds is 7. The minimum absolute atomic E-state index is 0.266. The van der Waals surface area contributed by atoms with E-state index < -0.39 is 0 Å². The van der Waals surface area contributed by atoms with Crippen molar-refractivity contribution in [2.24, 2.45) is 5.92 Å². The maximum absolute atomic E-state index is 11.2. The van der Waals surface area contributed by atoms with Crippen LogP contribution in [0.4, 0.5) is 0 Å². The Morgan fingerprint density at radius 1 is 1.22 bits per heavy atom. The Bertz CT molecular complexity index is 331. The van der Waals surface area contributed by atoms with Crippen molar-refractivity contribution in [1.29, 1.82) is 0 Å². The Morgan fingerprint density at radius 3 is 2.44 bits per heavy atom. The first-order chi connectivity index (χ1) is 8.45. The van der Waals surface area contributed by atoms with Crippen LogP contribution in [0.25, 0.3) is 0 Å². The summed E-state index contributed by atoms with van der Waals surface area (Å²) in [5.74, 6) is 0.365. The lowest BCUT2D eigenvalue weighted by molar-refractivity contribution is -0.137. The van der Waals surface area contributed by atoms with Crippen molar-refractivity contribution in [2.45, 2.75) is 47.5 Å². The summed E-state index contributed by atoms with van der Waals surface area (Å²) in [7, 11) is 0. The van der Waals surface area contributed by atoms with Crippen molar-refractivity contribution in [3.05, 3.63) is 35.5 Å². The van der Waals surface area contributed by atoms with Gasteiger partial charge < -0.3 is 4.74 Å². The molecule has 0 aliphatic carbocycles. The molecular weight excluding hydrogens is 224 g/mol. The van der Waals surface area contributed by atoms with Crippen molar-refractivity contribution in [3.63, 3.8) is 0 Å². The van der Waals surface area contributed by atoms with E-state index in [1.807, 2.05) is 19.9 Å². The van der Waals surface area contributed by atoms with Crippen molar-refractivity contribution in [3.8, 4) is 0 Å². The number of esters is 1. The Morgan fingerprint density at radius 2 is 1.89 bits per heavy atom. The Kier molecular flexibility index (Phi) is 8.99. The van der Waals surface area contributed by atoms with Crippen LogP contribution in [0.5, 0.6) is 0 Å². The number of carbonyl (C=O) groups excluding carboxylic acids is 1. The smallest absolute Gasteiger partial charge is 0.330 e. The number of ether oxygens (including phenoxy) is 1. The van der Waals surface area contributed by atoms with E-state index in [0.717, 1.165) is 18.4 Å². The molecule has 0 amide bonds. The number of hydrogen-bond donors (Lipinski definition) is 0. The minimum Gasteiger partial charge on any atom is -0.463 e. The minimum atomic E-state index is -0.266. The van der Waals surface area contributed by atoms with Gasteiger partial charge in [-0.05, 0) is 52.0 Å². The zero-order chi connectivity index (χ0) is 14.0. The van der Waals surface area contributed by atoms with Gasteiger partial charge in [0.1, 0.15) is 0 Å². The van der Waals surface area contributed by atoms with Crippen LogP contribution in [0.15, 0.2) is 35.5 Å². The molecule has 0 N–H and O–H groups in total. The summed E-state index contributed by atoms with van der Waals surface area (Å²) in [4.78, 5) is 11.2. The first-order valence-corrected chi connectivity index (χ1v) is 6.60. The quantitative estimate of drug-likeness (QED) is 0.289. The summed E-state index contributed by atoms with van der Waals surface area (Å²) < 4.78 is 4.85. The summed E-state index contributed by atoms with van der Waals surface area (Å²) in [5, 5.41) is 0. The lowest BCUT2D eigenvalue weighted by atomic mass is 10.0. The van der Waals surface area contributed by atoms with Crippen molar-refractivity contribution < 1.29 is 9.53 Å². The van der Waals surface area contributed by atoms with E-state index in [-0.39, 0.29) is 5.97 Å². The van der Waals surface area contributed by atoms with Gasteiger partial charge in [-0.2, -0.15) is 0 Å². The highest BCUT2D eigenvalue weighted by atomic mass is 16.5. The number of allylic oxidation sites excluding steroid dienone is 5. The van der Waals surface area contributed by atoms with Crippen molar-refractivity contribution in [2.75, 3.05) is 6.61 Å². The van der Waals surface area contributed by atoms with E-state index >= 15 is 0 Å². The molecule has 0 aromatic carbocycles. The molecule has 0 aliphatic heterocycles. The zero-order valence-electron chi connectivity index (χ0n) is 12.3. The SMILES string of the molecule is CCOC(=O)/C=C(C)/C=C/CC(C)CC=C(C)C. The van der Waals surface area contributed by atoms with E-state index in [2.05, 4.69) is 32.9 Å². The van der Waals surface area contributed by atoms with Gasteiger partial charge in [0.05, 0.1) is 6.61 Å². The first-order valence-electron chi connectivity index (χ1n) is 6.60. The molecule has 0 aromatic heterocycles. The lowest BCUT2D eigenvalue weighted by Gasteiger charge is -2.04. The van der Waals surface area contributed by atoms with E-state index in [9.17, 15) is 4.79 Å². The van der Waals surface area contributed by atoms with E-state index in [1.165, 1.54) is 11.6 Å². The highest BCUT2D eigenvalue weighted by Gasteiger charge is 1.98. The van der Waals surface area contributed by atoms with Crippen LogP contribution in [-0.2, 0) is 9.53 Å². The molecule has 0 spiro atoms. The van der Waals surface area contributed by atoms with Crippen LogP contribution < -0.4 is 0 Å². The molecule has 18 heavy (non-hydrogen) atoms. The third-order valence-corrected chi connectivity index (χ3v) is 2.48. The number of carbonyl (C=O) groups is 1. The summed E-state index contributed by atoms with van der Waals surface area (Å²) in [6, 6.07) is 0. The molecule has 0 heterocycles. The zero-order valence-corrected chi connectivity index (χ0v) is 12.3. The van der Waals surface area contributed by atoms with Gasteiger partial charge in [0.15, 0.2) is 0 Å². The third kappa shape index (κ3) is 9.88. The molecule has 1 atom stereocenters. The number of hydrogen-bond acceptors (Lipinski definition) is 2. The molecule has 2 nitrogen and oxygen atoms in total. The normalized spacial score (nSPS) is 13.5. The lowest BCUT2D eigenvalue weighted by Crippen LogP contribution is -1.99. The van der Waals surface area contributed by atoms with E-state index in [0.29, 0.717) is 12.5 Å². The topological polar surface area (TPSA) is 26.3 Å². The first kappa shape index (κ1) is 16.7. The Labute approximate surface area is 111 Å². The highest BCUT2D eigenvalue weighted by Crippen LogP contribution is 2.11. The van der Waals surface area contributed by atoms with Gasteiger partial charge in [0.2, 0.25) is 0 Å². The molecule has 1 unspecified atom stereocenters. The van der Waals surface area contributed by atoms with Crippen molar-refractivity contribution in [1.82, 2.24) is 0 Å². The predicted molar refractivity (Wildman–Crippen MR) is 77.4 cm³/mol. The molecule has 102 valence electrons. The third-order valence-electron chi connectivity index (χ3n) is 2.48. The molecule has 0 bridgehead atoms. The standard InChI is InChI=1S/C16H26O2/c1-6-18-16(17)12-15(5)9-7-8-14(4)11-10-13(2)3/h7,9-10,12,14H,6,8,11H2,1-5H3/b9-7+,15-12+. The molecule has 0 aliphatic rings. The van der Waals surface area contributed by atoms with Crippen LogP contribution in [0, 0.1) is 5.92 Å². The second-order valence-corrected chi connectivity index (χ2v) is 4.90. The maximum atomic E-state index is 11.2. The van der Waals surface area contributed by atoms with Gasteiger partial charge >= 0.3 is 5.97 Å². The van der Waals surface area contributed by atoms with Gasteiger partial charge in [0.25, 0.3) is 0 Å². The molecule has 2 heteroatoms. The highest BCUT2D eigenvalue weighted by molar-refractivity contribution is 5.83. The summed E-state index contributed by atoms with van der Waals surface area (Å²) >= 11 is 0. The van der Waals surface area contributed by atoms with Gasteiger partial charge in [-0.25, -0.2) is 4.79 Å². The molecule has 0 saturated heterocycles. The Hall–Kier alpha value is -1.31. The maximum Gasteiger partial charge on any atom is 0.330 e. The average molecular weight is 250 g/mol. The fraction of sp³-hybridized carbons (Fsp3) is 0.562.